The van der Waals surface area contributed by atoms with E-state index < -0.39 is 6.03 Å². The number of benzene rings is 2. The number of rotatable bonds is 4. The molecule has 120 valence electrons. The third kappa shape index (κ3) is 4.61. The van der Waals surface area contributed by atoms with Crippen molar-refractivity contribution in [1.82, 2.24) is 5.43 Å². The Labute approximate surface area is 146 Å². The molecular weight excluding hydrogens is 386 g/mol. The highest BCUT2D eigenvalue weighted by atomic mass is 79.9. The Kier molecular flexibility index (Phi) is 5.84. The van der Waals surface area contributed by atoms with Crippen molar-refractivity contribution in [3.8, 4) is 11.5 Å². The van der Waals surface area contributed by atoms with Crippen LogP contribution < -0.4 is 15.5 Å². The summed E-state index contributed by atoms with van der Waals surface area (Å²) in [4.78, 5) is 11.7. The molecule has 0 fully saturated rings. The first kappa shape index (κ1) is 17.1. The smallest absolute Gasteiger partial charge is 0.339 e. The molecule has 2 rings (SSSR count). The highest BCUT2D eigenvalue weighted by Gasteiger charge is 2.09. The number of anilines is 1. The Balaban J connectivity index is 1.99. The Morgan fingerprint density at radius 1 is 1.39 bits per heavy atom. The molecule has 2 aromatic rings. The molecule has 0 saturated heterocycles. The number of ether oxygens (including phenoxy) is 1. The molecule has 0 atom stereocenters. The second kappa shape index (κ2) is 7.85. The fraction of sp³-hybridized carbons (Fsp3) is 0.0667. The molecule has 8 heteroatoms. The van der Waals surface area contributed by atoms with E-state index in [0.29, 0.717) is 26.5 Å². The summed E-state index contributed by atoms with van der Waals surface area (Å²) in [5.41, 5.74) is 3.44. The molecule has 0 aliphatic carbocycles. The minimum atomic E-state index is -0.516. The van der Waals surface area contributed by atoms with Gasteiger partial charge in [0, 0.05) is 16.3 Å². The average Bonchev–Trinajstić information content (AvgIpc) is 2.51. The highest BCUT2D eigenvalue weighted by Crippen LogP contribution is 2.35. The van der Waals surface area contributed by atoms with Gasteiger partial charge in [-0.2, -0.15) is 5.10 Å². The SMILES string of the molecule is COc1ccc(/C=N\NC(=O)Nc2cccc(Cl)c2)c(Br)c1O. The molecule has 0 aromatic heterocycles. The summed E-state index contributed by atoms with van der Waals surface area (Å²) in [6.07, 6.45) is 1.39. The number of methoxy groups -OCH3 is 1. The van der Waals surface area contributed by atoms with Crippen LogP contribution in [-0.2, 0) is 0 Å². The predicted octanol–water partition coefficient (Wildman–Crippen LogP) is 3.97. The number of halogens is 2. The van der Waals surface area contributed by atoms with Crippen molar-refractivity contribution in [1.29, 1.82) is 0 Å². The van der Waals surface area contributed by atoms with Gasteiger partial charge in [0.1, 0.15) is 0 Å². The summed E-state index contributed by atoms with van der Waals surface area (Å²) in [7, 11) is 1.46. The fourth-order valence-electron chi connectivity index (χ4n) is 1.71. The van der Waals surface area contributed by atoms with Crippen molar-refractivity contribution in [3.05, 3.63) is 51.5 Å². The van der Waals surface area contributed by atoms with Gasteiger partial charge in [-0.1, -0.05) is 17.7 Å². The van der Waals surface area contributed by atoms with Gasteiger partial charge in [-0.25, -0.2) is 10.2 Å². The van der Waals surface area contributed by atoms with E-state index in [-0.39, 0.29) is 5.75 Å². The monoisotopic (exact) mass is 397 g/mol. The van der Waals surface area contributed by atoms with Crippen LogP contribution in [-0.4, -0.2) is 24.5 Å². The largest absolute Gasteiger partial charge is 0.503 e. The maximum absolute atomic E-state index is 11.7. The van der Waals surface area contributed by atoms with Crippen LogP contribution in [0.15, 0.2) is 46.0 Å². The maximum Gasteiger partial charge on any atom is 0.339 e. The number of hydrazone groups is 1. The lowest BCUT2D eigenvalue weighted by Gasteiger charge is -2.07. The summed E-state index contributed by atoms with van der Waals surface area (Å²) in [5, 5.41) is 16.8. The maximum atomic E-state index is 11.7. The van der Waals surface area contributed by atoms with Crippen LogP contribution in [0.4, 0.5) is 10.5 Å². The average molecular weight is 399 g/mol. The Morgan fingerprint density at radius 2 is 2.17 bits per heavy atom. The highest BCUT2D eigenvalue weighted by molar-refractivity contribution is 9.10. The van der Waals surface area contributed by atoms with Crippen LogP contribution in [0.2, 0.25) is 5.02 Å². The van der Waals surface area contributed by atoms with Gasteiger partial charge in [-0.3, -0.25) is 0 Å². The second-order valence-electron chi connectivity index (χ2n) is 4.35. The van der Waals surface area contributed by atoms with Gasteiger partial charge < -0.3 is 15.2 Å². The number of carbonyl (C=O) groups excluding carboxylic acids is 1. The van der Waals surface area contributed by atoms with Gasteiger partial charge in [0.15, 0.2) is 11.5 Å². The number of hydrogen-bond acceptors (Lipinski definition) is 4. The second-order valence-corrected chi connectivity index (χ2v) is 5.58. The van der Waals surface area contributed by atoms with Gasteiger partial charge in [-0.15, -0.1) is 0 Å². The molecule has 0 bridgehead atoms. The fourth-order valence-corrected chi connectivity index (χ4v) is 2.33. The van der Waals surface area contributed by atoms with Crippen molar-refractivity contribution in [2.45, 2.75) is 0 Å². The molecule has 0 aliphatic rings. The normalized spacial score (nSPS) is 10.6. The number of nitrogens with one attached hydrogen (secondary N) is 2. The minimum Gasteiger partial charge on any atom is -0.503 e. The summed E-state index contributed by atoms with van der Waals surface area (Å²) in [6.45, 7) is 0. The Hall–Kier alpha value is -2.25. The molecule has 0 unspecified atom stereocenters. The number of aromatic hydroxyl groups is 1. The molecule has 0 spiro atoms. The van der Waals surface area contributed by atoms with E-state index in [4.69, 9.17) is 16.3 Å². The number of urea groups is 1. The van der Waals surface area contributed by atoms with Crippen LogP contribution in [0, 0.1) is 0 Å². The van der Waals surface area contributed by atoms with Gasteiger partial charge in [-0.05, 0) is 46.3 Å². The van der Waals surface area contributed by atoms with E-state index in [0.717, 1.165) is 0 Å². The lowest BCUT2D eigenvalue weighted by atomic mass is 10.2. The molecule has 3 N–H and O–H groups in total. The van der Waals surface area contributed by atoms with E-state index in [2.05, 4.69) is 31.8 Å². The first-order chi connectivity index (χ1) is 11.0. The molecule has 0 radical (unpaired) electrons. The van der Waals surface area contributed by atoms with Crippen LogP contribution >= 0.6 is 27.5 Å². The van der Waals surface area contributed by atoms with Crippen molar-refractivity contribution in [3.63, 3.8) is 0 Å². The van der Waals surface area contributed by atoms with Gasteiger partial charge in [0.05, 0.1) is 17.8 Å². The van der Waals surface area contributed by atoms with E-state index in [1.165, 1.54) is 13.3 Å². The number of hydrogen-bond donors (Lipinski definition) is 3. The lowest BCUT2D eigenvalue weighted by molar-refractivity contribution is 0.252. The molecule has 0 saturated carbocycles. The van der Waals surface area contributed by atoms with E-state index >= 15 is 0 Å². The van der Waals surface area contributed by atoms with Gasteiger partial charge in [0.25, 0.3) is 0 Å². The molecule has 0 heterocycles. The van der Waals surface area contributed by atoms with Crippen LogP contribution in [0.3, 0.4) is 0 Å². The van der Waals surface area contributed by atoms with E-state index in [9.17, 15) is 9.90 Å². The summed E-state index contributed by atoms with van der Waals surface area (Å²) < 4.78 is 5.40. The van der Waals surface area contributed by atoms with Crippen LogP contribution in [0.25, 0.3) is 0 Å². The van der Waals surface area contributed by atoms with Crippen molar-refractivity contribution in [2.24, 2.45) is 5.10 Å². The zero-order chi connectivity index (χ0) is 16.8. The van der Waals surface area contributed by atoms with E-state index in [1.54, 1.807) is 36.4 Å². The number of amides is 2. The van der Waals surface area contributed by atoms with Crippen LogP contribution in [0.1, 0.15) is 5.56 Å². The number of phenolic OH excluding ortho intramolecular Hbond substituents is 1. The minimum absolute atomic E-state index is 0.0418. The van der Waals surface area contributed by atoms with Crippen molar-refractivity contribution in [2.75, 3.05) is 12.4 Å². The summed E-state index contributed by atoms with van der Waals surface area (Å²) in [5.74, 6) is 0.292. The number of phenols is 1. The zero-order valence-electron chi connectivity index (χ0n) is 12.0. The lowest BCUT2D eigenvalue weighted by Crippen LogP contribution is -2.24. The zero-order valence-corrected chi connectivity index (χ0v) is 14.4. The van der Waals surface area contributed by atoms with Crippen molar-refractivity contribution < 1.29 is 14.6 Å². The Morgan fingerprint density at radius 3 is 2.87 bits per heavy atom. The van der Waals surface area contributed by atoms with E-state index in [1.807, 2.05) is 0 Å². The third-order valence-corrected chi connectivity index (χ3v) is 3.85. The molecule has 23 heavy (non-hydrogen) atoms. The molecular formula is C15H13BrClN3O3. The van der Waals surface area contributed by atoms with Crippen LogP contribution in [0.5, 0.6) is 11.5 Å². The molecule has 6 nitrogen and oxygen atoms in total. The molecule has 2 aromatic carbocycles. The number of nitrogens with zero attached hydrogens (tertiary/aromatic N) is 1. The standard InChI is InChI=1S/C15H13BrClN3O3/c1-23-12-6-5-9(13(16)14(12)21)8-18-20-15(22)19-11-4-2-3-10(17)7-11/h2-8,21H,1H3,(H2,19,20,22)/b18-8-. The van der Waals surface area contributed by atoms with Gasteiger partial charge in [0.2, 0.25) is 0 Å². The summed E-state index contributed by atoms with van der Waals surface area (Å²) >= 11 is 9.07. The summed E-state index contributed by atoms with van der Waals surface area (Å²) in [6, 6.07) is 9.50. The topological polar surface area (TPSA) is 83.0 Å². The first-order valence-electron chi connectivity index (χ1n) is 6.42. The van der Waals surface area contributed by atoms with Crippen molar-refractivity contribution >= 4 is 45.5 Å². The van der Waals surface area contributed by atoms with Gasteiger partial charge >= 0.3 is 6.03 Å². The number of carbonyl (C=O) groups is 1. The molecule has 2 amide bonds. The first-order valence-corrected chi connectivity index (χ1v) is 7.59. The quantitative estimate of drug-likeness (QED) is 0.538. The Bertz CT molecular complexity index is 753. The third-order valence-electron chi connectivity index (χ3n) is 2.78. The molecule has 0 aliphatic heterocycles. The predicted molar refractivity (Wildman–Crippen MR) is 93.6 cm³/mol.